The van der Waals surface area contributed by atoms with Gasteiger partial charge in [-0.1, -0.05) is 45.1 Å². The van der Waals surface area contributed by atoms with Crippen molar-refractivity contribution in [3.63, 3.8) is 0 Å². The van der Waals surface area contributed by atoms with E-state index >= 15 is 0 Å². The first-order chi connectivity index (χ1) is 18.9. The Labute approximate surface area is 239 Å². The van der Waals surface area contributed by atoms with Crippen LogP contribution in [0.4, 0.5) is 9.59 Å². The molecule has 0 aliphatic rings. The zero-order chi connectivity index (χ0) is 29.7. The highest BCUT2D eigenvalue weighted by atomic mass is 32.2. The Morgan fingerprint density at radius 2 is 1.55 bits per heavy atom. The third-order valence-corrected chi connectivity index (χ3v) is 7.24. The van der Waals surface area contributed by atoms with Crippen molar-refractivity contribution in [2.45, 2.75) is 38.5 Å². The largest absolute Gasteiger partial charge is 0.513 e. The SMILES string of the molecule is COc1cc(C=Cc2ccc(OC(=O)OCCNC(=O)C(CC(SC)C(C)(C)C)OC(N)=O)cc2)cc(OC)c1. The number of ether oxygens (including phenoxy) is 5. The molecule has 0 bridgehead atoms. The van der Waals surface area contributed by atoms with Gasteiger partial charge in [0.15, 0.2) is 6.10 Å². The molecule has 0 fully saturated rings. The second-order valence-electron chi connectivity index (χ2n) is 9.79. The van der Waals surface area contributed by atoms with Crippen LogP contribution in [0, 0.1) is 5.41 Å². The molecule has 2 atom stereocenters. The van der Waals surface area contributed by atoms with Crippen LogP contribution in [0.3, 0.4) is 0 Å². The molecule has 40 heavy (non-hydrogen) atoms. The molecule has 218 valence electrons. The highest BCUT2D eigenvalue weighted by Gasteiger charge is 2.32. The van der Waals surface area contributed by atoms with Crippen LogP contribution in [0.15, 0.2) is 42.5 Å². The third-order valence-electron chi connectivity index (χ3n) is 5.77. The molecule has 0 aliphatic carbocycles. The van der Waals surface area contributed by atoms with E-state index in [1.807, 2.05) is 51.3 Å². The lowest BCUT2D eigenvalue weighted by Gasteiger charge is -2.31. The number of benzene rings is 2. The fourth-order valence-corrected chi connectivity index (χ4v) is 4.73. The van der Waals surface area contributed by atoms with Crippen LogP contribution in [0.25, 0.3) is 12.2 Å². The zero-order valence-electron chi connectivity index (χ0n) is 23.7. The van der Waals surface area contributed by atoms with Crippen LogP contribution >= 0.6 is 11.8 Å². The summed E-state index contributed by atoms with van der Waals surface area (Å²) in [5, 5.41) is 2.64. The zero-order valence-corrected chi connectivity index (χ0v) is 24.5. The minimum Gasteiger partial charge on any atom is -0.497 e. The fraction of sp³-hybridized carbons (Fsp3) is 0.414. The van der Waals surface area contributed by atoms with Gasteiger partial charge in [-0.05, 0) is 47.1 Å². The van der Waals surface area contributed by atoms with Crippen molar-refractivity contribution in [2.24, 2.45) is 11.1 Å². The van der Waals surface area contributed by atoms with Crippen molar-refractivity contribution >= 4 is 42.1 Å². The summed E-state index contributed by atoms with van der Waals surface area (Å²) in [7, 11) is 3.18. The van der Waals surface area contributed by atoms with Gasteiger partial charge in [-0.15, -0.1) is 0 Å². The number of hydrogen-bond donors (Lipinski definition) is 2. The van der Waals surface area contributed by atoms with Gasteiger partial charge in [-0.2, -0.15) is 11.8 Å². The molecule has 0 aliphatic heterocycles. The summed E-state index contributed by atoms with van der Waals surface area (Å²) >= 11 is 1.58. The van der Waals surface area contributed by atoms with E-state index in [0.29, 0.717) is 23.7 Å². The molecule has 3 N–H and O–H groups in total. The number of methoxy groups -OCH3 is 2. The van der Waals surface area contributed by atoms with E-state index in [0.717, 1.165) is 11.1 Å². The number of hydrogen-bond acceptors (Lipinski definition) is 9. The summed E-state index contributed by atoms with van der Waals surface area (Å²) in [6.45, 7) is 5.99. The Bertz CT molecular complexity index is 1140. The van der Waals surface area contributed by atoms with E-state index < -0.39 is 24.3 Å². The normalized spacial score (nSPS) is 12.8. The van der Waals surface area contributed by atoms with E-state index in [-0.39, 0.29) is 23.8 Å². The molecule has 2 aromatic carbocycles. The topological polar surface area (TPSA) is 135 Å². The Kier molecular flexibility index (Phi) is 12.7. The first-order valence-corrected chi connectivity index (χ1v) is 13.9. The van der Waals surface area contributed by atoms with Crippen LogP contribution in [-0.4, -0.2) is 63.1 Å². The Morgan fingerprint density at radius 3 is 2.08 bits per heavy atom. The molecule has 0 spiro atoms. The molecule has 2 amide bonds. The number of thioether (sulfide) groups is 1. The molecule has 2 rings (SSSR count). The lowest BCUT2D eigenvalue weighted by Crippen LogP contribution is -2.43. The van der Waals surface area contributed by atoms with Crippen LogP contribution in [-0.2, 0) is 14.3 Å². The van der Waals surface area contributed by atoms with E-state index in [9.17, 15) is 14.4 Å². The van der Waals surface area contributed by atoms with Gasteiger partial charge in [0.25, 0.3) is 5.91 Å². The summed E-state index contributed by atoms with van der Waals surface area (Å²) in [5.41, 5.74) is 6.82. The number of amides is 2. The minimum absolute atomic E-state index is 0.00476. The maximum absolute atomic E-state index is 12.6. The van der Waals surface area contributed by atoms with Crippen molar-refractivity contribution in [1.82, 2.24) is 5.32 Å². The molecule has 10 nitrogen and oxygen atoms in total. The van der Waals surface area contributed by atoms with Gasteiger partial charge in [-0.3, -0.25) is 4.79 Å². The van der Waals surface area contributed by atoms with Crippen LogP contribution < -0.4 is 25.3 Å². The van der Waals surface area contributed by atoms with Crippen LogP contribution in [0.1, 0.15) is 38.3 Å². The Hall–Kier alpha value is -3.86. The molecule has 0 heterocycles. The second kappa shape index (κ2) is 15.7. The summed E-state index contributed by atoms with van der Waals surface area (Å²) in [6, 6.07) is 12.4. The summed E-state index contributed by atoms with van der Waals surface area (Å²) < 4.78 is 25.8. The predicted molar refractivity (Wildman–Crippen MR) is 156 cm³/mol. The highest BCUT2D eigenvalue weighted by Crippen LogP contribution is 2.33. The average molecular weight is 575 g/mol. The average Bonchev–Trinajstić information content (AvgIpc) is 2.91. The quantitative estimate of drug-likeness (QED) is 0.144. The van der Waals surface area contributed by atoms with Gasteiger partial charge in [-0.25, -0.2) is 9.59 Å². The predicted octanol–water partition coefficient (Wildman–Crippen LogP) is 5.14. The minimum atomic E-state index is -1.06. The molecule has 0 aromatic heterocycles. The van der Waals surface area contributed by atoms with Crippen molar-refractivity contribution in [3.8, 4) is 17.2 Å². The van der Waals surface area contributed by atoms with E-state index in [1.54, 1.807) is 56.3 Å². The monoisotopic (exact) mass is 574 g/mol. The smallest absolute Gasteiger partial charge is 0.497 e. The first kappa shape index (κ1) is 32.4. The molecule has 11 heteroatoms. The van der Waals surface area contributed by atoms with E-state index in [1.165, 1.54) is 0 Å². The number of primary amides is 1. The molecule has 0 saturated heterocycles. The molecular weight excluding hydrogens is 536 g/mol. The van der Waals surface area contributed by atoms with Gasteiger partial charge >= 0.3 is 12.2 Å². The molecule has 2 aromatic rings. The fourth-order valence-electron chi connectivity index (χ4n) is 3.66. The third kappa shape index (κ3) is 11.1. The van der Waals surface area contributed by atoms with Crippen LogP contribution in [0.2, 0.25) is 0 Å². The van der Waals surface area contributed by atoms with Crippen molar-refractivity contribution in [3.05, 3.63) is 53.6 Å². The lowest BCUT2D eigenvalue weighted by molar-refractivity contribution is -0.130. The van der Waals surface area contributed by atoms with Gasteiger partial charge in [0.2, 0.25) is 0 Å². The van der Waals surface area contributed by atoms with Gasteiger partial charge in [0, 0.05) is 17.7 Å². The van der Waals surface area contributed by atoms with Gasteiger partial charge in [0.05, 0.1) is 20.8 Å². The van der Waals surface area contributed by atoms with E-state index in [2.05, 4.69) is 5.32 Å². The van der Waals surface area contributed by atoms with Crippen molar-refractivity contribution in [2.75, 3.05) is 33.6 Å². The Balaban J connectivity index is 1.83. The number of nitrogens with one attached hydrogen (secondary N) is 1. The van der Waals surface area contributed by atoms with Gasteiger partial charge in [0.1, 0.15) is 23.9 Å². The summed E-state index contributed by atoms with van der Waals surface area (Å²) in [6.07, 6.45) is 3.03. The number of nitrogens with two attached hydrogens (primary N) is 1. The summed E-state index contributed by atoms with van der Waals surface area (Å²) in [4.78, 5) is 36.0. The Morgan fingerprint density at radius 1 is 0.950 bits per heavy atom. The second-order valence-corrected chi connectivity index (χ2v) is 10.8. The van der Waals surface area contributed by atoms with Crippen molar-refractivity contribution < 1.29 is 38.1 Å². The van der Waals surface area contributed by atoms with Gasteiger partial charge < -0.3 is 34.7 Å². The molecule has 0 saturated carbocycles. The highest BCUT2D eigenvalue weighted by molar-refractivity contribution is 7.99. The summed E-state index contributed by atoms with van der Waals surface area (Å²) in [5.74, 6) is 1.15. The number of rotatable bonds is 13. The molecule has 0 radical (unpaired) electrons. The number of carbonyl (C=O) groups is 3. The number of carbonyl (C=O) groups excluding carboxylic acids is 3. The van der Waals surface area contributed by atoms with Crippen molar-refractivity contribution in [1.29, 1.82) is 0 Å². The first-order valence-electron chi connectivity index (χ1n) is 12.6. The van der Waals surface area contributed by atoms with Crippen LogP contribution in [0.5, 0.6) is 17.2 Å². The molecule has 2 unspecified atom stereocenters. The molecular formula is C29H38N2O8S. The standard InChI is InChI=1S/C29H38N2O8S/c1-29(2,3)25(40-6)18-24(39-27(30)33)26(32)31-13-14-37-28(34)38-21-11-9-19(10-12-21)7-8-20-15-22(35-4)17-23(16-20)36-5/h7-12,15-17,24-25H,13-14,18H2,1-6H3,(H2,30,33)(H,31,32). The van der Waals surface area contributed by atoms with E-state index in [4.69, 9.17) is 29.4 Å². The maximum Gasteiger partial charge on any atom is 0.513 e. The lowest BCUT2D eigenvalue weighted by atomic mass is 9.88. The maximum atomic E-state index is 12.6.